The highest BCUT2D eigenvalue weighted by molar-refractivity contribution is 5.22. The zero-order valence-electron chi connectivity index (χ0n) is 6.07. The number of hydrogen-bond acceptors (Lipinski definition) is 0. The van der Waals surface area contributed by atoms with Crippen LogP contribution in [0.4, 0.5) is 0 Å². The predicted octanol–water partition coefficient (Wildman–Crippen LogP) is 2.14. The first kappa shape index (κ1) is 6.40. The number of aryl methyl sites for hydroxylation is 2. The van der Waals surface area contributed by atoms with Crippen LogP contribution in [-0.2, 0) is 12.8 Å². The highest BCUT2D eigenvalue weighted by Crippen LogP contribution is 2.07. The fraction of sp³-hybridized carbons (Fsp3) is 0.500. The van der Waals surface area contributed by atoms with E-state index in [9.17, 15) is 0 Å². The summed E-state index contributed by atoms with van der Waals surface area (Å²) in [5.41, 5.74) is 2.91. The first-order chi connectivity index (χ1) is 4.38. The number of H-pyrrole nitrogens is 1. The summed E-state index contributed by atoms with van der Waals surface area (Å²) in [4.78, 5) is 3.10. The monoisotopic (exact) mass is 123 g/mol. The van der Waals surface area contributed by atoms with E-state index >= 15 is 0 Å². The Morgan fingerprint density at radius 2 is 1.56 bits per heavy atom. The van der Waals surface area contributed by atoms with E-state index < -0.39 is 0 Å². The Morgan fingerprint density at radius 3 is 1.89 bits per heavy atom. The maximum absolute atomic E-state index is 3.10. The quantitative estimate of drug-likeness (QED) is 0.620. The molecule has 1 rings (SSSR count). The zero-order valence-corrected chi connectivity index (χ0v) is 6.07. The topological polar surface area (TPSA) is 15.8 Å². The van der Waals surface area contributed by atoms with Crippen molar-refractivity contribution >= 4 is 0 Å². The average molecular weight is 123 g/mol. The molecule has 0 saturated heterocycles. The summed E-state index contributed by atoms with van der Waals surface area (Å²) in [6, 6.07) is 0. The van der Waals surface area contributed by atoms with Crippen molar-refractivity contribution in [2.75, 3.05) is 0 Å². The van der Waals surface area contributed by atoms with Gasteiger partial charge < -0.3 is 4.98 Å². The standard InChI is InChI=1S/C8H13N/c1-3-7-5-9-6-8(7)4-2/h5-6,9H,3-4H2,1-2H3. The normalized spacial score (nSPS) is 10.0. The molecule has 0 aliphatic carbocycles. The number of nitrogens with one attached hydrogen (secondary N) is 1. The molecule has 0 aromatic carbocycles. The van der Waals surface area contributed by atoms with Gasteiger partial charge in [-0.05, 0) is 24.0 Å². The highest BCUT2D eigenvalue weighted by atomic mass is 14.6. The summed E-state index contributed by atoms with van der Waals surface area (Å²) < 4.78 is 0. The molecule has 50 valence electrons. The number of aromatic amines is 1. The molecule has 0 aliphatic heterocycles. The van der Waals surface area contributed by atoms with E-state index in [1.165, 1.54) is 11.1 Å². The van der Waals surface area contributed by atoms with Crippen LogP contribution in [0, 0.1) is 0 Å². The van der Waals surface area contributed by atoms with Crippen LogP contribution in [-0.4, -0.2) is 4.98 Å². The van der Waals surface area contributed by atoms with Crippen molar-refractivity contribution in [1.29, 1.82) is 0 Å². The van der Waals surface area contributed by atoms with Crippen molar-refractivity contribution in [3.05, 3.63) is 23.5 Å². The second-order valence-corrected chi connectivity index (χ2v) is 2.21. The molecule has 0 amide bonds. The number of aromatic nitrogens is 1. The second kappa shape index (κ2) is 2.72. The molecular weight excluding hydrogens is 110 g/mol. The van der Waals surface area contributed by atoms with E-state index in [4.69, 9.17) is 0 Å². The van der Waals surface area contributed by atoms with Crippen molar-refractivity contribution in [1.82, 2.24) is 4.98 Å². The maximum Gasteiger partial charge on any atom is 0.00400 e. The molecule has 1 nitrogen and oxygen atoms in total. The minimum atomic E-state index is 1.15. The average Bonchev–Trinajstić information content (AvgIpc) is 2.33. The molecule has 1 heteroatoms. The SMILES string of the molecule is CCc1c[nH]cc1CC. The summed E-state index contributed by atoms with van der Waals surface area (Å²) >= 11 is 0. The molecule has 1 heterocycles. The molecule has 0 aliphatic rings. The number of hydrogen-bond donors (Lipinski definition) is 1. The van der Waals surface area contributed by atoms with Gasteiger partial charge in [-0.2, -0.15) is 0 Å². The Morgan fingerprint density at radius 1 is 1.11 bits per heavy atom. The third-order valence-electron chi connectivity index (χ3n) is 1.69. The lowest BCUT2D eigenvalue weighted by Gasteiger charge is -1.92. The van der Waals surface area contributed by atoms with Gasteiger partial charge in [0.1, 0.15) is 0 Å². The van der Waals surface area contributed by atoms with Crippen molar-refractivity contribution < 1.29 is 0 Å². The van der Waals surface area contributed by atoms with E-state index in [0.29, 0.717) is 0 Å². The summed E-state index contributed by atoms with van der Waals surface area (Å²) in [6.45, 7) is 4.37. The van der Waals surface area contributed by atoms with Gasteiger partial charge in [0.05, 0.1) is 0 Å². The van der Waals surface area contributed by atoms with Crippen LogP contribution in [0.25, 0.3) is 0 Å². The van der Waals surface area contributed by atoms with Crippen molar-refractivity contribution in [2.45, 2.75) is 26.7 Å². The lowest BCUT2D eigenvalue weighted by atomic mass is 10.1. The van der Waals surface area contributed by atoms with Gasteiger partial charge >= 0.3 is 0 Å². The molecule has 0 spiro atoms. The molecule has 0 bridgehead atoms. The van der Waals surface area contributed by atoms with Crippen LogP contribution in [0.15, 0.2) is 12.4 Å². The van der Waals surface area contributed by atoms with Gasteiger partial charge in [0.25, 0.3) is 0 Å². The Bertz CT molecular complexity index is 158. The van der Waals surface area contributed by atoms with E-state index in [-0.39, 0.29) is 0 Å². The lowest BCUT2D eigenvalue weighted by Crippen LogP contribution is -1.81. The third kappa shape index (κ3) is 1.15. The van der Waals surface area contributed by atoms with Crippen LogP contribution in [0.2, 0.25) is 0 Å². The Balaban J connectivity index is 2.85. The summed E-state index contributed by atoms with van der Waals surface area (Å²) in [6.07, 6.45) is 6.46. The zero-order chi connectivity index (χ0) is 6.69. The molecule has 0 atom stereocenters. The molecular formula is C8H13N. The Labute approximate surface area is 56.1 Å². The minimum Gasteiger partial charge on any atom is -0.367 e. The van der Waals surface area contributed by atoms with Gasteiger partial charge in [-0.25, -0.2) is 0 Å². The van der Waals surface area contributed by atoms with Crippen LogP contribution in [0.5, 0.6) is 0 Å². The first-order valence-electron chi connectivity index (χ1n) is 3.53. The molecule has 0 unspecified atom stereocenters. The molecule has 1 aromatic rings. The third-order valence-corrected chi connectivity index (χ3v) is 1.69. The molecule has 0 radical (unpaired) electrons. The number of rotatable bonds is 2. The van der Waals surface area contributed by atoms with Crippen LogP contribution in [0.1, 0.15) is 25.0 Å². The highest BCUT2D eigenvalue weighted by Gasteiger charge is 1.95. The smallest absolute Gasteiger partial charge is 0.00400 e. The van der Waals surface area contributed by atoms with Gasteiger partial charge in [0, 0.05) is 12.4 Å². The van der Waals surface area contributed by atoms with Gasteiger partial charge in [0.15, 0.2) is 0 Å². The molecule has 0 saturated carbocycles. The van der Waals surface area contributed by atoms with Gasteiger partial charge in [-0.15, -0.1) is 0 Å². The molecule has 9 heavy (non-hydrogen) atoms. The van der Waals surface area contributed by atoms with Crippen LogP contribution >= 0.6 is 0 Å². The van der Waals surface area contributed by atoms with E-state index in [1.54, 1.807) is 0 Å². The second-order valence-electron chi connectivity index (χ2n) is 2.21. The van der Waals surface area contributed by atoms with Crippen molar-refractivity contribution in [2.24, 2.45) is 0 Å². The Kier molecular flexibility index (Phi) is 1.93. The van der Waals surface area contributed by atoms with Gasteiger partial charge in [-0.1, -0.05) is 13.8 Å². The van der Waals surface area contributed by atoms with E-state index in [1.807, 2.05) is 0 Å². The lowest BCUT2D eigenvalue weighted by molar-refractivity contribution is 1.06. The summed E-state index contributed by atoms with van der Waals surface area (Å²) in [5.74, 6) is 0. The molecule has 1 aromatic heterocycles. The first-order valence-corrected chi connectivity index (χ1v) is 3.53. The minimum absolute atomic E-state index is 1.15. The molecule has 0 fully saturated rings. The fourth-order valence-corrected chi connectivity index (χ4v) is 1.09. The maximum atomic E-state index is 3.10. The van der Waals surface area contributed by atoms with Crippen molar-refractivity contribution in [3.8, 4) is 0 Å². The fourth-order valence-electron chi connectivity index (χ4n) is 1.09. The van der Waals surface area contributed by atoms with Gasteiger partial charge in [-0.3, -0.25) is 0 Å². The summed E-state index contributed by atoms with van der Waals surface area (Å²) in [5, 5.41) is 0. The predicted molar refractivity (Wildman–Crippen MR) is 39.5 cm³/mol. The largest absolute Gasteiger partial charge is 0.367 e. The summed E-state index contributed by atoms with van der Waals surface area (Å²) in [7, 11) is 0. The molecule has 1 N–H and O–H groups in total. The van der Waals surface area contributed by atoms with Crippen molar-refractivity contribution in [3.63, 3.8) is 0 Å². The van der Waals surface area contributed by atoms with E-state index in [2.05, 4.69) is 31.2 Å². The van der Waals surface area contributed by atoms with Crippen LogP contribution < -0.4 is 0 Å². The van der Waals surface area contributed by atoms with E-state index in [0.717, 1.165) is 12.8 Å². The Hall–Kier alpha value is -0.720. The van der Waals surface area contributed by atoms with Crippen LogP contribution in [0.3, 0.4) is 0 Å². The van der Waals surface area contributed by atoms with Gasteiger partial charge in [0.2, 0.25) is 0 Å².